The van der Waals surface area contributed by atoms with Gasteiger partial charge in [0.2, 0.25) is 5.91 Å². The van der Waals surface area contributed by atoms with Gasteiger partial charge in [-0.25, -0.2) is 0 Å². The summed E-state index contributed by atoms with van der Waals surface area (Å²) < 4.78 is 0. The molecule has 0 radical (unpaired) electrons. The SMILES string of the molecule is Cc1ccccc1NC(=O)C1(CN)CCCC1. The molecular weight excluding hydrogens is 212 g/mol. The molecule has 0 aromatic heterocycles. The zero-order valence-electron chi connectivity index (χ0n) is 10.3. The third-order valence-corrected chi connectivity index (χ3v) is 3.83. The van der Waals surface area contributed by atoms with Crippen LogP contribution in [0, 0.1) is 12.3 Å². The molecule has 1 aliphatic rings. The summed E-state index contributed by atoms with van der Waals surface area (Å²) in [6.07, 6.45) is 4.05. The van der Waals surface area contributed by atoms with E-state index in [0.717, 1.165) is 36.9 Å². The fourth-order valence-corrected chi connectivity index (χ4v) is 2.54. The van der Waals surface area contributed by atoms with Crippen molar-refractivity contribution in [3.63, 3.8) is 0 Å². The maximum absolute atomic E-state index is 12.3. The smallest absolute Gasteiger partial charge is 0.231 e. The van der Waals surface area contributed by atoms with Gasteiger partial charge in [-0.05, 0) is 31.4 Å². The second-order valence-electron chi connectivity index (χ2n) is 4.96. The van der Waals surface area contributed by atoms with Crippen molar-refractivity contribution in [3.05, 3.63) is 29.8 Å². The summed E-state index contributed by atoms with van der Waals surface area (Å²) in [5.74, 6) is 0.0896. The maximum atomic E-state index is 12.3. The lowest BCUT2D eigenvalue weighted by atomic mass is 9.85. The van der Waals surface area contributed by atoms with Crippen LogP contribution >= 0.6 is 0 Å². The Morgan fingerprint density at radius 1 is 1.35 bits per heavy atom. The van der Waals surface area contributed by atoms with Crippen molar-refractivity contribution in [1.29, 1.82) is 0 Å². The highest BCUT2D eigenvalue weighted by atomic mass is 16.2. The maximum Gasteiger partial charge on any atom is 0.231 e. The van der Waals surface area contributed by atoms with Crippen molar-refractivity contribution in [2.75, 3.05) is 11.9 Å². The van der Waals surface area contributed by atoms with E-state index in [9.17, 15) is 4.79 Å². The topological polar surface area (TPSA) is 55.1 Å². The molecule has 0 heterocycles. The van der Waals surface area contributed by atoms with E-state index >= 15 is 0 Å². The number of hydrogen-bond acceptors (Lipinski definition) is 2. The van der Waals surface area contributed by atoms with Crippen LogP contribution in [-0.4, -0.2) is 12.5 Å². The summed E-state index contributed by atoms with van der Waals surface area (Å²) in [5, 5.41) is 3.02. The number of carbonyl (C=O) groups is 1. The molecular formula is C14H20N2O. The zero-order chi connectivity index (χ0) is 12.3. The lowest BCUT2D eigenvalue weighted by Crippen LogP contribution is -2.40. The minimum Gasteiger partial charge on any atom is -0.329 e. The number of anilines is 1. The van der Waals surface area contributed by atoms with E-state index in [2.05, 4.69) is 5.32 Å². The quantitative estimate of drug-likeness (QED) is 0.841. The molecule has 1 amide bonds. The first-order valence-corrected chi connectivity index (χ1v) is 6.25. The Balaban J connectivity index is 2.14. The van der Waals surface area contributed by atoms with Crippen LogP contribution in [0.5, 0.6) is 0 Å². The molecule has 1 aromatic rings. The second-order valence-corrected chi connectivity index (χ2v) is 4.96. The van der Waals surface area contributed by atoms with Gasteiger partial charge in [0, 0.05) is 12.2 Å². The average molecular weight is 232 g/mol. The van der Waals surface area contributed by atoms with Crippen molar-refractivity contribution >= 4 is 11.6 Å². The monoisotopic (exact) mass is 232 g/mol. The Morgan fingerprint density at radius 3 is 2.59 bits per heavy atom. The van der Waals surface area contributed by atoms with Crippen LogP contribution in [0.4, 0.5) is 5.69 Å². The highest BCUT2D eigenvalue weighted by molar-refractivity contribution is 5.96. The number of para-hydroxylation sites is 1. The first-order chi connectivity index (χ1) is 8.18. The molecule has 1 saturated carbocycles. The molecule has 1 aromatic carbocycles. The van der Waals surface area contributed by atoms with Gasteiger partial charge >= 0.3 is 0 Å². The molecule has 0 bridgehead atoms. The Bertz CT molecular complexity index is 408. The number of nitrogens with two attached hydrogens (primary N) is 1. The van der Waals surface area contributed by atoms with Crippen molar-refractivity contribution < 1.29 is 4.79 Å². The third-order valence-electron chi connectivity index (χ3n) is 3.83. The Morgan fingerprint density at radius 2 is 2.00 bits per heavy atom. The van der Waals surface area contributed by atoms with Crippen LogP contribution < -0.4 is 11.1 Å². The molecule has 0 atom stereocenters. The number of amides is 1. The number of benzene rings is 1. The standard InChI is InChI=1S/C14H20N2O/c1-11-6-2-3-7-12(11)16-13(17)14(10-15)8-4-5-9-14/h2-3,6-7H,4-5,8-10,15H2,1H3,(H,16,17). The van der Waals surface area contributed by atoms with Crippen LogP contribution in [0.1, 0.15) is 31.2 Å². The Kier molecular flexibility index (Phi) is 3.48. The van der Waals surface area contributed by atoms with Gasteiger partial charge < -0.3 is 11.1 Å². The fourth-order valence-electron chi connectivity index (χ4n) is 2.54. The van der Waals surface area contributed by atoms with Gasteiger partial charge in [0.05, 0.1) is 5.41 Å². The van der Waals surface area contributed by atoms with Crippen LogP contribution in [0.3, 0.4) is 0 Å². The molecule has 3 heteroatoms. The molecule has 1 aliphatic carbocycles. The lowest BCUT2D eigenvalue weighted by Gasteiger charge is -2.26. The fraction of sp³-hybridized carbons (Fsp3) is 0.500. The van der Waals surface area contributed by atoms with E-state index in [1.807, 2.05) is 31.2 Å². The average Bonchev–Trinajstić information content (AvgIpc) is 2.82. The summed E-state index contributed by atoms with van der Waals surface area (Å²) in [7, 11) is 0. The molecule has 0 unspecified atom stereocenters. The number of aryl methyl sites for hydroxylation is 1. The van der Waals surface area contributed by atoms with Gasteiger partial charge in [-0.15, -0.1) is 0 Å². The first-order valence-electron chi connectivity index (χ1n) is 6.25. The molecule has 0 saturated heterocycles. The molecule has 0 aliphatic heterocycles. The van der Waals surface area contributed by atoms with Crippen molar-refractivity contribution in [1.82, 2.24) is 0 Å². The van der Waals surface area contributed by atoms with E-state index in [0.29, 0.717) is 6.54 Å². The molecule has 1 fully saturated rings. The molecule has 92 valence electrons. The van der Waals surface area contributed by atoms with Crippen molar-refractivity contribution in [2.45, 2.75) is 32.6 Å². The summed E-state index contributed by atoms with van der Waals surface area (Å²) in [6.45, 7) is 2.45. The van der Waals surface area contributed by atoms with Crippen molar-refractivity contribution in [3.8, 4) is 0 Å². The minimum absolute atomic E-state index is 0.0896. The van der Waals surface area contributed by atoms with Gasteiger partial charge in [0.15, 0.2) is 0 Å². The van der Waals surface area contributed by atoms with E-state index in [1.165, 1.54) is 0 Å². The van der Waals surface area contributed by atoms with Crippen LogP contribution in [-0.2, 0) is 4.79 Å². The number of rotatable bonds is 3. The summed E-state index contributed by atoms with van der Waals surface area (Å²) in [4.78, 5) is 12.3. The summed E-state index contributed by atoms with van der Waals surface area (Å²) in [6, 6.07) is 7.84. The number of nitrogens with one attached hydrogen (secondary N) is 1. The summed E-state index contributed by atoms with van der Waals surface area (Å²) >= 11 is 0. The third kappa shape index (κ3) is 2.34. The van der Waals surface area contributed by atoms with Gasteiger partial charge in [-0.3, -0.25) is 4.79 Å². The normalized spacial score (nSPS) is 18.0. The van der Waals surface area contributed by atoms with Crippen LogP contribution in [0.2, 0.25) is 0 Å². The zero-order valence-corrected chi connectivity index (χ0v) is 10.3. The number of carbonyl (C=O) groups excluding carboxylic acids is 1. The molecule has 2 rings (SSSR count). The van der Waals surface area contributed by atoms with E-state index in [1.54, 1.807) is 0 Å². The van der Waals surface area contributed by atoms with E-state index in [4.69, 9.17) is 5.73 Å². The molecule has 3 N–H and O–H groups in total. The highest BCUT2D eigenvalue weighted by Crippen LogP contribution is 2.38. The predicted molar refractivity (Wildman–Crippen MR) is 69.8 cm³/mol. The van der Waals surface area contributed by atoms with Crippen LogP contribution in [0.15, 0.2) is 24.3 Å². The Labute approximate surface area is 102 Å². The van der Waals surface area contributed by atoms with Gasteiger partial charge in [0.1, 0.15) is 0 Å². The van der Waals surface area contributed by atoms with Crippen molar-refractivity contribution in [2.24, 2.45) is 11.1 Å². The van der Waals surface area contributed by atoms with Gasteiger partial charge in [-0.1, -0.05) is 31.0 Å². The largest absolute Gasteiger partial charge is 0.329 e. The van der Waals surface area contributed by atoms with Gasteiger partial charge in [-0.2, -0.15) is 0 Å². The summed E-state index contributed by atoms with van der Waals surface area (Å²) in [5.41, 5.74) is 7.46. The molecule has 3 nitrogen and oxygen atoms in total. The minimum atomic E-state index is -0.331. The number of hydrogen-bond donors (Lipinski definition) is 2. The molecule has 0 spiro atoms. The van der Waals surface area contributed by atoms with Gasteiger partial charge in [0.25, 0.3) is 0 Å². The Hall–Kier alpha value is -1.35. The van der Waals surface area contributed by atoms with E-state index < -0.39 is 0 Å². The first kappa shape index (κ1) is 12.1. The second kappa shape index (κ2) is 4.88. The van der Waals surface area contributed by atoms with Crippen LogP contribution in [0.25, 0.3) is 0 Å². The molecule has 17 heavy (non-hydrogen) atoms. The highest BCUT2D eigenvalue weighted by Gasteiger charge is 2.39. The van der Waals surface area contributed by atoms with E-state index in [-0.39, 0.29) is 11.3 Å². The predicted octanol–water partition coefficient (Wildman–Crippen LogP) is 2.45. The lowest BCUT2D eigenvalue weighted by molar-refractivity contribution is -0.124.